The van der Waals surface area contributed by atoms with Crippen molar-refractivity contribution < 1.29 is 0 Å². The molecule has 0 saturated carbocycles. The predicted octanol–water partition coefficient (Wildman–Crippen LogP) is 1.01. The summed E-state index contributed by atoms with van der Waals surface area (Å²) >= 11 is 0. The van der Waals surface area contributed by atoms with Crippen LogP contribution in [-0.2, 0) is 0 Å². The SMILES string of the molecule is C=CN(C=C)/C=C\N. The van der Waals surface area contributed by atoms with Gasteiger partial charge in [0.25, 0.3) is 0 Å². The van der Waals surface area contributed by atoms with E-state index < -0.39 is 0 Å². The van der Waals surface area contributed by atoms with Crippen LogP contribution in [0.5, 0.6) is 0 Å². The van der Waals surface area contributed by atoms with Gasteiger partial charge in [-0.25, -0.2) is 0 Å². The molecule has 0 atom stereocenters. The van der Waals surface area contributed by atoms with Crippen molar-refractivity contribution in [2.75, 3.05) is 0 Å². The zero-order valence-electron chi connectivity index (χ0n) is 4.75. The molecular weight excluding hydrogens is 100 g/mol. The van der Waals surface area contributed by atoms with Crippen molar-refractivity contribution >= 4 is 0 Å². The van der Waals surface area contributed by atoms with Crippen LogP contribution < -0.4 is 5.73 Å². The molecule has 0 amide bonds. The maximum absolute atomic E-state index is 5.06. The zero-order chi connectivity index (χ0) is 6.41. The minimum atomic E-state index is 1.42. The Bertz CT molecular complexity index is 97.1. The lowest BCUT2D eigenvalue weighted by Crippen LogP contribution is -1.97. The van der Waals surface area contributed by atoms with Gasteiger partial charge in [0.2, 0.25) is 0 Å². The average molecular weight is 110 g/mol. The van der Waals surface area contributed by atoms with E-state index in [-0.39, 0.29) is 0 Å². The molecule has 2 nitrogen and oxygen atoms in total. The minimum Gasteiger partial charge on any atom is -0.403 e. The van der Waals surface area contributed by atoms with E-state index in [1.165, 1.54) is 6.20 Å². The second-order valence-corrected chi connectivity index (χ2v) is 1.15. The molecule has 0 aromatic carbocycles. The standard InChI is InChI=1S/C6H10N2/c1-3-8(4-2)6-5-7/h3-6H,1-2,7H2/b6-5-. The van der Waals surface area contributed by atoms with Crippen molar-refractivity contribution in [3.8, 4) is 0 Å². The van der Waals surface area contributed by atoms with Crippen molar-refractivity contribution in [1.82, 2.24) is 4.90 Å². The molecule has 0 aliphatic rings. The molecule has 44 valence electrons. The smallest absolute Gasteiger partial charge is 0.0236 e. The minimum absolute atomic E-state index is 1.42. The molecule has 0 fully saturated rings. The summed E-state index contributed by atoms with van der Waals surface area (Å²) in [4.78, 5) is 1.65. The van der Waals surface area contributed by atoms with E-state index in [4.69, 9.17) is 5.73 Å². The highest BCUT2D eigenvalue weighted by atomic mass is 15.1. The van der Waals surface area contributed by atoms with Gasteiger partial charge in [0.1, 0.15) is 0 Å². The molecule has 0 heterocycles. The fourth-order valence-electron chi connectivity index (χ4n) is 0.296. The Morgan fingerprint density at radius 2 is 1.75 bits per heavy atom. The summed E-state index contributed by atoms with van der Waals surface area (Å²) in [5.41, 5.74) is 5.06. The summed E-state index contributed by atoms with van der Waals surface area (Å²) in [5.74, 6) is 0. The van der Waals surface area contributed by atoms with Crippen LogP contribution in [0.2, 0.25) is 0 Å². The summed E-state index contributed by atoms with van der Waals surface area (Å²) in [7, 11) is 0. The highest BCUT2D eigenvalue weighted by Crippen LogP contribution is 1.86. The maximum atomic E-state index is 5.06. The maximum Gasteiger partial charge on any atom is 0.0236 e. The van der Waals surface area contributed by atoms with Gasteiger partial charge >= 0.3 is 0 Å². The molecule has 0 bridgehead atoms. The molecule has 0 spiro atoms. The van der Waals surface area contributed by atoms with Crippen LogP contribution in [0.4, 0.5) is 0 Å². The molecule has 0 radical (unpaired) electrons. The van der Waals surface area contributed by atoms with Gasteiger partial charge in [-0.1, -0.05) is 13.2 Å². The molecule has 0 saturated heterocycles. The normalized spacial score (nSPS) is 9.00. The topological polar surface area (TPSA) is 29.3 Å². The molecule has 0 aromatic heterocycles. The molecule has 0 aromatic rings. The van der Waals surface area contributed by atoms with Crippen LogP contribution >= 0.6 is 0 Å². The third-order valence-corrected chi connectivity index (χ3v) is 0.680. The van der Waals surface area contributed by atoms with Crippen molar-refractivity contribution in [1.29, 1.82) is 0 Å². The van der Waals surface area contributed by atoms with Crippen LogP contribution in [-0.4, -0.2) is 4.90 Å². The quantitative estimate of drug-likeness (QED) is 0.587. The lowest BCUT2D eigenvalue weighted by atomic mass is 10.7. The average Bonchev–Trinajstić information content (AvgIpc) is 1.83. The van der Waals surface area contributed by atoms with Crippen molar-refractivity contribution in [2.45, 2.75) is 0 Å². The van der Waals surface area contributed by atoms with Gasteiger partial charge in [-0.2, -0.15) is 0 Å². The van der Waals surface area contributed by atoms with E-state index in [2.05, 4.69) is 13.2 Å². The van der Waals surface area contributed by atoms with E-state index in [0.29, 0.717) is 0 Å². The summed E-state index contributed by atoms with van der Waals surface area (Å²) in [6.07, 6.45) is 6.29. The Morgan fingerprint density at radius 1 is 1.25 bits per heavy atom. The number of hydrogen-bond acceptors (Lipinski definition) is 2. The van der Waals surface area contributed by atoms with Crippen molar-refractivity contribution in [3.05, 3.63) is 38.0 Å². The van der Waals surface area contributed by atoms with E-state index in [9.17, 15) is 0 Å². The van der Waals surface area contributed by atoms with Crippen molar-refractivity contribution in [3.63, 3.8) is 0 Å². The van der Waals surface area contributed by atoms with Crippen LogP contribution in [0.3, 0.4) is 0 Å². The van der Waals surface area contributed by atoms with Crippen LogP contribution in [0.15, 0.2) is 38.0 Å². The van der Waals surface area contributed by atoms with Gasteiger partial charge in [0.05, 0.1) is 0 Å². The Balaban J connectivity index is 3.69. The number of nitrogens with two attached hydrogens (primary N) is 1. The van der Waals surface area contributed by atoms with Gasteiger partial charge in [0.15, 0.2) is 0 Å². The molecule has 0 rings (SSSR count). The van der Waals surface area contributed by atoms with Gasteiger partial charge < -0.3 is 10.6 Å². The van der Waals surface area contributed by atoms with Crippen LogP contribution in [0.1, 0.15) is 0 Å². The lowest BCUT2D eigenvalue weighted by molar-refractivity contribution is 0.696. The Hall–Kier alpha value is -1.18. The van der Waals surface area contributed by atoms with Gasteiger partial charge in [-0.15, -0.1) is 0 Å². The summed E-state index contributed by atoms with van der Waals surface area (Å²) in [6.45, 7) is 7.00. The largest absolute Gasteiger partial charge is 0.403 e. The van der Waals surface area contributed by atoms with E-state index >= 15 is 0 Å². The second kappa shape index (κ2) is 3.99. The fraction of sp³-hybridized carbons (Fsp3) is 0. The highest BCUT2D eigenvalue weighted by molar-refractivity contribution is 4.91. The monoisotopic (exact) mass is 110 g/mol. The highest BCUT2D eigenvalue weighted by Gasteiger charge is 1.76. The first-order chi connectivity index (χ1) is 3.85. The summed E-state index contributed by atoms with van der Waals surface area (Å²) < 4.78 is 0. The molecule has 2 N–H and O–H groups in total. The molecule has 0 aliphatic heterocycles. The molecule has 0 unspecified atom stereocenters. The van der Waals surface area contributed by atoms with Crippen molar-refractivity contribution in [2.24, 2.45) is 5.73 Å². The first-order valence-electron chi connectivity index (χ1n) is 2.26. The third kappa shape index (κ3) is 2.08. The van der Waals surface area contributed by atoms with E-state index in [1.54, 1.807) is 23.5 Å². The summed E-state index contributed by atoms with van der Waals surface area (Å²) in [6, 6.07) is 0. The first-order valence-corrected chi connectivity index (χ1v) is 2.26. The van der Waals surface area contributed by atoms with Crippen LogP contribution in [0, 0.1) is 0 Å². The Morgan fingerprint density at radius 3 is 1.88 bits per heavy atom. The zero-order valence-corrected chi connectivity index (χ0v) is 4.75. The van der Waals surface area contributed by atoms with E-state index in [0.717, 1.165) is 0 Å². The number of nitrogens with zero attached hydrogens (tertiary/aromatic N) is 1. The Kier molecular flexibility index (Phi) is 3.40. The fourth-order valence-corrected chi connectivity index (χ4v) is 0.296. The second-order valence-electron chi connectivity index (χ2n) is 1.15. The third-order valence-electron chi connectivity index (χ3n) is 0.680. The summed E-state index contributed by atoms with van der Waals surface area (Å²) in [5, 5.41) is 0. The predicted molar refractivity (Wildman–Crippen MR) is 35.6 cm³/mol. The molecule has 0 aliphatic carbocycles. The number of rotatable bonds is 3. The van der Waals surface area contributed by atoms with E-state index in [1.807, 2.05) is 0 Å². The molecule has 2 heteroatoms. The van der Waals surface area contributed by atoms with Crippen LogP contribution in [0.25, 0.3) is 0 Å². The molecular formula is C6H10N2. The number of hydrogen-bond donors (Lipinski definition) is 1. The van der Waals surface area contributed by atoms with Gasteiger partial charge in [0, 0.05) is 24.8 Å². The first kappa shape index (κ1) is 6.82. The van der Waals surface area contributed by atoms with Gasteiger partial charge in [-0.05, 0) is 0 Å². The Labute approximate surface area is 49.6 Å². The molecule has 8 heavy (non-hydrogen) atoms. The van der Waals surface area contributed by atoms with Gasteiger partial charge in [-0.3, -0.25) is 0 Å². The lowest BCUT2D eigenvalue weighted by Gasteiger charge is -2.04.